The maximum atomic E-state index is 12.0. The van der Waals surface area contributed by atoms with E-state index in [2.05, 4.69) is 4.90 Å². The molecule has 1 heterocycles. The van der Waals surface area contributed by atoms with Gasteiger partial charge in [0.15, 0.2) is 0 Å². The first-order chi connectivity index (χ1) is 9.89. The summed E-state index contributed by atoms with van der Waals surface area (Å²) in [6, 6.07) is 0.564. The van der Waals surface area contributed by atoms with Crippen LogP contribution in [0.25, 0.3) is 0 Å². The Morgan fingerprint density at radius 1 is 1.19 bits per heavy atom. The molecule has 21 heavy (non-hydrogen) atoms. The molecule has 0 spiro atoms. The van der Waals surface area contributed by atoms with Crippen LogP contribution >= 0.6 is 0 Å². The molecule has 6 heteroatoms. The van der Waals surface area contributed by atoms with Gasteiger partial charge >= 0.3 is 6.09 Å². The second kappa shape index (κ2) is 6.94. The lowest BCUT2D eigenvalue weighted by Gasteiger charge is -2.46. The van der Waals surface area contributed by atoms with Crippen LogP contribution in [0.1, 0.15) is 33.6 Å². The second-order valence-corrected chi connectivity index (χ2v) is 6.84. The van der Waals surface area contributed by atoms with Gasteiger partial charge in [-0.15, -0.1) is 0 Å². The van der Waals surface area contributed by atoms with Gasteiger partial charge in [0.25, 0.3) is 0 Å². The van der Waals surface area contributed by atoms with E-state index in [9.17, 15) is 4.79 Å². The third-order valence-electron chi connectivity index (χ3n) is 4.00. The largest absolute Gasteiger partial charge is 0.444 e. The van der Waals surface area contributed by atoms with Crippen molar-refractivity contribution in [2.24, 2.45) is 0 Å². The van der Waals surface area contributed by atoms with Crippen LogP contribution in [-0.2, 0) is 9.47 Å². The number of ether oxygens (including phenoxy) is 2. The van der Waals surface area contributed by atoms with E-state index >= 15 is 0 Å². The smallest absolute Gasteiger partial charge is 0.410 e. The molecule has 0 radical (unpaired) electrons. The van der Waals surface area contributed by atoms with E-state index in [1.807, 2.05) is 20.8 Å². The summed E-state index contributed by atoms with van der Waals surface area (Å²) in [5, 5.41) is 8.73. The van der Waals surface area contributed by atoms with Crippen molar-refractivity contribution in [1.82, 2.24) is 9.80 Å². The summed E-state index contributed by atoms with van der Waals surface area (Å²) in [6.07, 6.45) is 2.16. The minimum atomic E-state index is -0.431. The lowest BCUT2D eigenvalue weighted by atomic mass is 9.87. The zero-order valence-electron chi connectivity index (χ0n) is 13.4. The van der Waals surface area contributed by atoms with Crippen molar-refractivity contribution in [1.29, 1.82) is 0 Å². The lowest BCUT2D eigenvalue weighted by molar-refractivity contribution is -0.0687. The summed E-state index contributed by atoms with van der Waals surface area (Å²) in [4.78, 5) is 16.2. The molecule has 122 valence electrons. The van der Waals surface area contributed by atoms with Gasteiger partial charge in [-0.05, 0) is 33.6 Å². The Morgan fingerprint density at radius 3 is 2.33 bits per heavy atom. The number of aliphatic hydroxyl groups excluding tert-OH is 1. The molecule has 1 amide bonds. The van der Waals surface area contributed by atoms with E-state index in [0.717, 1.165) is 39.0 Å². The first kappa shape index (κ1) is 16.5. The average molecular weight is 300 g/mol. The Hall–Kier alpha value is -0.850. The fourth-order valence-electron chi connectivity index (χ4n) is 2.79. The van der Waals surface area contributed by atoms with Gasteiger partial charge in [-0.2, -0.15) is 0 Å². The second-order valence-electron chi connectivity index (χ2n) is 6.84. The fraction of sp³-hybridized carbons (Fsp3) is 0.933. The SMILES string of the molecule is CC(C)(C)OC(=O)N1CCN(C2CC(OCCO)C2)CC1. The molecule has 1 aliphatic carbocycles. The number of hydrogen-bond acceptors (Lipinski definition) is 5. The standard InChI is InChI=1S/C15H28N2O4/c1-15(2,3)21-14(19)17-6-4-16(5-7-17)12-10-13(11-12)20-9-8-18/h12-13,18H,4-11H2,1-3H3. The Bertz CT molecular complexity index is 342. The van der Waals surface area contributed by atoms with Crippen molar-refractivity contribution >= 4 is 6.09 Å². The quantitative estimate of drug-likeness (QED) is 0.842. The van der Waals surface area contributed by atoms with E-state index < -0.39 is 5.60 Å². The highest BCUT2D eigenvalue weighted by molar-refractivity contribution is 5.68. The Labute approximate surface area is 127 Å². The Morgan fingerprint density at radius 2 is 1.81 bits per heavy atom. The number of carbonyl (C=O) groups excluding carboxylic acids is 1. The lowest BCUT2D eigenvalue weighted by Crippen LogP contribution is -2.57. The van der Waals surface area contributed by atoms with Crippen LogP contribution < -0.4 is 0 Å². The molecule has 2 fully saturated rings. The predicted molar refractivity (Wildman–Crippen MR) is 79.2 cm³/mol. The maximum absolute atomic E-state index is 12.0. The van der Waals surface area contributed by atoms with Gasteiger partial charge in [0, 0.05) is 32.2 Å². The van der Waals surface area contributed by atoms with Crippen LogP contribution in [0, 0.1) is 0 Å². The molecule has 0 aromatic rings. The zero-order chi connectivity index (χ0) is 15.5. The van der Waals surface area contributed by atoms with Crippen molar-refractivity contribution in [3.63, 3.8) is 0 Å². The van der Waals surface area contributed by atoms with Gasteiger partial charge in [0.2, 0.25) is 0 Å². The summed E-state index contributed by atoms with van der Waals surface area (Å²) in [6.45, 7) is 9.46. The summed E-state index contributed by atoms with van der Waals surface area (Å²) in [5.41, 5.74) is -0.431. The van der Waals surface area contributed by atoms with Gasteiger partial charge in [-0.25, -0.2) is 4.79 Å². The first-order valence-corrected chi connectivity index (χ1v) is 7.83. The molecule has 1 aliphatic heterocycles. The average Bonchev–Trinajstić information content (AvgIpc) is 2.35. The van der Waals surface area contributed by atoms with Gasteiger partial charge in [-0.1, -0.05) is 0 Å². The molecular weight excluding hydrogens is 272 g/mol. The molecule has 2 aliphatic rings. The van der Waals surface area contributed by atoms with E-state index in [0.29, 0.717) is 18.8 Å². The minimum absolute atomic E-state index is 0.0930. The third-order valence-corrected chi connectivity index (χ3v) is 4.00. The highest BCUT2D eigenvalue weighted by atomic mass is 16.6. The molecule has 1 saturated carbocycles. The number of hydrogen-bond donors (Lipinski definition) is 1. The van der Waals surface area contributed by atoms with E-state index in [1.54, 1.807) is 4.90 Å². The van der Waals surface area contributed by atoms with Crippen molar-refractivity contribution in [3.05, 3.63) is 0 Å². The topological polar surface area (TPSA) is 62.2 Å². The maximum Gasteiger partial charge on any atom is 0.410 e. The van der Waals surface area contributed by atoms with Crippen molar-refractivity contribution in [2.75, 3.05) is 39.4 Å². The van der Waals surface area contributed by atoms with Gasteiger partial charge in [-0.3, -0.25) is 4.90 Å². The number of piperazine rings is 1. The number of carbonyl (C=O) groups is 1. The van der Waals surface area contributed by atoms with E-state index in [1.165, 1.54) is 0 Å². The Kier molecular flexibility index (Phi) is 5.46. The van der Waals surface area contributed by atoms with Crippen molar-refractivity contribution in [2.45, 2.75) is 51.4 Å². The van der Waals surface area contributed by atoms with Gasteiger partial charge in [0.1, 0.15) is 5.60 Å². The van der Waals surface area contributed by atoms with Crippen LogP contribution in [0.4, 0.5) is 4.79 Å². The molecule has 0 unspecified atom stereocenters. The van der Waals surface area contributed by atoms with Crippen LogP contribution in [0.2, 0.25) is 0 Å². The number of rotatable bonds is 4. The molecule has 6 nitrogen and oxygen atoms in total. The van der Waals surface area contributed by atoms with Crippen LogP contribution in [0.15, 0.2) is 0 Å². The summed E-state index contributed by atoms with van der Waals surface area (Å²) >= 11 is 0. The normalized spacial score (nSPS) is 27.3. The van der Waals surface area contributed by atoms with Crippen molar-refractivity contribution < 1.29 is 19.4 Å². The molecular formula is C15H28N2O4. The minimum Gasteiger partial charge on any atom is -0.444 e. The highest BCUT2D eigenvalue weighted by Crippen LogP contribution is 2.29. The molecule has 0 aromatic carbocycles. The predicted octanol–water partition coefficient (Wildman–Crippen LogP) is 1.08. The Balaban J connectivity index is 1.66. The van der Waals surface area contributed by atoms with Crippen LogP contribution in [0.5, 0.6) is 0 Å². The highest BCUT2D eigenvalue weighted by Gasteiger charge is 2.36. The summed E-state index contributed by atoms with van der Waals surface area (Å²) in [5.74, 6) is 0. The molecule has 0 bridgehead atoms. The van der Waals surface area contributed by atoms with Crippen LogP contribution in [0.3, 0.4) is 0 Å². The fourth-order valence-corrected chi connectivity index (χ4v) is 2.79. The van der Waals surface area contributed by atoms with E-state index in [-0.39, 0.29) is 12.7 Å². The molecule has 0 atom stereocenters. The van der Waals surface area contributed by atoms with Crippen molar-refractivity contribution in [3.8, 4) is 0 Å². The first-order valence-electron chi connectivity index (χ1n) is 7.83. The van der Waals surface area contributed by atoms with E-state index in [4.69, 9.17) is 14.6 Å². The molecule has 0 aromatic heterocycles. The monoisotopic (exact) mass is 300 g/mol. The zero-order valence-corrected chi connectivity index (χ0v) is 13.4. The number of nitrogens with zero attached hydrogens (tertiary/aromatic N) is 2. The summed E-state index contributed by atoms with van der Waals surface area (Å²) < 4.78 is 10.9. The van der Waals surface area contributed by atoms with Gasteiger partial charge < -0.3 is 19.5 Å². The number of aliphatic hydroxyl groups is 1. The van der Waals surface area contributed by atoms with Gasteiger partial charge in [0.05, 0.1) is 19.3 Å². The third kappa shape index (κ3) is 4.83. The summed E-state index contributed by atoms with van der Waals surface area (Å²) in [7, 11) is 0. The number of amides is 1. The molecule has 2 rings (SSSR count). The molecule has 1 N–H and O–H groups in total. The molecule has 1 saturated heterocycles. The van der Waals surface area contributed by atoms with Crippen LogP contribution in [-0.4, -0.2) is 78.1 Å².